The average Bonchev–Trinajstić information content (AvgIpc) is 2.97. The highest BCUT2D eigenvalue weighted by Gasteiger charge is 2.31. The van der Waals surface area contributed by atoms with Crippen LogP contribution in [0.4, 0.5) is 4.79 Å². The number of carbonyl (C=O) groups is 4. The summed E-state index contributed by atoms with van der Waals surface area (Å²) in [7, 11) is 0. The number of aliphatic hydroxyl groups excluding tert-OH is 1. The van der Waals surface area contributed by atoms with Gasteiger partial charge in [-0.2, -0.15) is 0 Å². The van der Waals surface area contributed by atoms with E-state index in [1.165, 1.54) is 12.1 Å². The van der Waals surface area contributed by atoms with Crippen molar-refractivity contribution >= 4 is 23.8 Å². The third kappa shape index (κ3) is 10.7. The zero-order valence-corrected chi connectivity index (χ0v) is 24.2. The fourth-order valence-corrected chi connectivity index (χ4v) is 4.84. The lowest BCUT2D eigenvalue weighted by Crippen LogP contribution is -2.56. The number of hydrogen-bond acceptors (Lipinski definition) is 7. The molecule has 228 valence electrons. The van der Waals surface area contributed by atoms with Gasteiger partial charge in [0.2, 0.25) is 17.7 Å². The first kappa shape index (κ1) is 32.4. The van der Waals surface area contributed by atoms with E-state index in [0.29, 0.717) is 24.9 Å². The van der Waals surface area contributed by atoms with Crippen molar-refractivity contribution in [3.63, 3.8) is 0 Å². The second-order valence-electron chi connectivity index (χ2n) is 11.1. The second kappa shape index (κ2) is 16.4. The van der Waals surface area contributed by atoms with Gasteiger partial charge in [0.15, 0.2) is 0 Å². The summed E-state index contributed by atoms with van der Waals surface area (Å²) in [5.74, 6) is -1.38. The van der Waals surface area contributed by atoms with Crippen molar-refractivity contribution in [3.05, 3.63) is 65.7 Å². The number of aromatic hydroxyl groups is 1. The Morgan fingerprint density at radius 1 is 0.952 bits per heavy atom. The summed E-state index contributed by atoms with van der Waals surface area (Å²) in [6.07, 6.45) is 1.39. The van der Waals surface area contributed by atoms with Crippen molar-refractivity contribution in [2.24, 2.45) is 11.8 Å². The minimum absolute atomic E-state index is 0.0141. The van der Waals surface area contributed by atoms with E-state index in [1.54, 1.807) is 12.1 Å². The number of phenolic OH excluding ortho intramolecular Hbond substituents is 1. The summed E-state index contributed by atoms with van der Waals surface area (Å²) in [5, 5.41) is 30.6. The molecule has 2 aromatic rings. The lowest BCUT2D eigenvalue weighted by Gasteiger charge is -2.28. The van der Waals surface area contributed by atoms with Crippen LogP contribution in [0.3, 0.4) is 0 Å². The molecule has 1 unspecified atom stereocenters. The molecular formula is C31H42N4O7. The Kier molecular flexibility index (Phi) is 12.6. The molecule has 2 aromatic carbocycles. The molecule has 42 heavy (non-hydrogen) atoms. The fraction of sp³-hybridized carbons (Fsp3) is 0.484. The maximum Gasteiger partial charge on any atom is 0.408 e. The molecule has 0 aliphatic carbocycles. The van der Waals surface area contributed by atoms with Crippen molar-refractivity contribution in [1.29, 1.82) is 0 Å². The van der Waals surface area contributed by atoms with E-state index < -0.39 is 36.0 Å². The van der Waals surface area contributed by atoms with Crippen LogP contribution < -0.4 is 21.3 Å². The zero-order chi connectivity index (χ0) is 30.5. The number of ether oxygens (including phenoxy) is 1. The topological polar surface area (TPSA) is 166 Å². The Hall–Kier alpha value is -4.12. The molecule has 0 aromatic heterocycles. The standard InChI is InChI=1S/C31H42N4O7/c1-20(2)15-26(29(39)33-24(18-36)17-23-9-6-14-32-28(23)38)34-30(40)27(16-21-10-12-25(37)13-11-21)35-31(41)42-19-22-7-4-3-5-8-22/h3-5,7-8,10-13,20,23-24,26-27,36-37H,6,9,14-19H2,1-2H3,(H,32,38)(H,33,39)(H,34,40)(H,35,41)/t23-,24-,26-,27?/m0/s1. The Balaban J connectivity index is 1.69. The van der Waals surface area contributed by atoms with Crippen LogP contribution in [0.2, 0.25) is 0 Å². The van der Waals surface area contributed by atoms with Gasteiger partial charge in [-0.15, -0.1) is 0 Å². The number of phenols is 1. The van der Waals surface area contributed by atoms with Crippen LogP contribution in [0.25, 0.3) is 0 Å². The van der Waals surface area contributed by atoms with Crippen LogP contribution in [0, 0.1) is 11.8 Å². The Bertz CT molecular complexity index is 1170. The molecule has 1 saturated heterocycles. The SMILES string of the molecule is CC(C)C[C@H](NC(=O)C(Cc1ccc(O)cc1)NC(=O)OCc1ccccc1)C(=O)N[C@H](CO)C[C@@H]1CCCNC1=O. The summed E-state index contributed by atoms with van der Waals surface area (Å²) in [6.45, 7) is 4.11. The first-order valence-electron chi connectivity index (χ1n) is 14.4. The number of nitrogens with one attached hydrogen (secondary N) is 4. The van der Waals surface area contributed by atoms with Gasteiger partial charge in [-0.25, -0.2) is 4.79 Å². The summed E-state index contributed by atoms with van der Waals surface area (Å²) in [4.78, 5) is 51.7. The van der Waals surface area contributed by atoms with E-state index in [4.69, 9.17) is 4.74 Å². The van der Waals surface area contributed by atoms with Crippen LogP contribution in [0.5, 0.6) is 5.75 Å². The molecule has 4 amide bonds. The molecule has 0 spiro atoms. The number of alkyl carbamates (subject to hydrolysis) is 1. The summed E-state index contributed by atoms with van der Waals surface area (Å²) >= 11 is 0. The summed E-state index contributed by atoms with van der Waals surface area (Å²) < 4.78 is 5.32. The molecule has 1 aliphatic rings. The zero-order valence-electron chi connectivity index (χ0n) is 24.2. The number of rotatable bonds is 14. The molecule has 0 radical (unpaired) electrons. The van der Waals surface area contributed by atoms with Crippen molar-refractivity contribution in [2.45, 2.75) is 70.7 Å². The van der Waals surface area contributed by atoms with Crippen molar-refractivity contribution in [1.82, 2.24) is 21.3 Å². The molecule has 1 heterocycles. The monoisotopic (exact) mass is 582 g/mol. The van der Waals surface area contributed by atoms with E-state index in [0.717, 1.165) is 12.0 Å². The van der Waals surface area contributed by atoms with Gasteiger partial charge in [0, 0.05) is 18.9 Å². The minimum atomic E-state index is -1.08. The first-order chi connectivity index (χ1) is 20.1. The molecule has 1 aliphatic heterocycles. The maximum absolute atomic E-state index is 13.5. The average molecular weight is 583 g/mol. The lowest BCUT2D eigenvalue weighted by atomic mass is 9.91. The van der Waals surface area contributed by atoms with Gasteiger partial charge in [0.1, 0.15) is 24.4 Å². The minimum Gasteiger partial charge on any atom is -0.508 e. The van der Waals surface area contributed by atoms with Crippen LogP contribution in [-0.4, -0.2) is 65.3 Å². The highest BCUT2D eigenvalue weighted by Crippen LogP contribution is 2.18. The lowest BCUT2D eigenvalue weighted by molar-refractivity contribution is -0.131. The van der Waals surface area contributed by atoms with Gasteiger partial charge in [-0.05, 0) is 54.9 Å². The Labute approximate surface area is 246 Å². The van der Waals surface area contributed by atoms with Crippen molar-refractivity contribution in [3.8, 4) is 5.75 Å². The molecular weight excluding hydrogens is 540 g/mol. The highest BCUT2D eigenvalue weighted by atomic mass is 16.5. The third-order valence-corrected chi connectivity index (χ3v) is 7.07. The van der Waals surface area contributed by atoms with Gasteiger partial charge in [-0.1, -0.05) is 56.3 Å². The van der Waals surface area contributed by atoms with E-state index in [2.05, 4.69) is 21.3 Å². The van der Waals surface area contributed by atoms with Gasteiger partial charge in [0.25, 0.3) is 0 Å². The number of carbonyl (C=O) groups excluding carboxylic acids is 4. The largest absolute Gasteiger partial charge is 0.508 e. The molecule has 4 atom stereocenters. The Morgan fingerprint density at radius 3 is 2.29 bits per heavy atom. The van der Waals surface area contributed by atoms with Crippen LogP contribution in [0.1, 0.15) is 50.7 Å². The number of hydrogen-bond donors (Lipinski definition) is 6. The van der Waals surface area contributed by atoms with Crippen LogP contribution in [-0.2, 0) is 32.1 Å². The van der Waals surface area contributed by atoms with Gasteiger partial charge in [-0.3, -0.25) is 14.4 Å². The smallest absolute Gasteiger partial charge is 0.408 e. The van der Waals surface area contributed by atoms with Crippen molar-refractivity contribution in [2.75, 3.05) is 13.2 Å². The summed E-state index contributed by atoms with van der Waals surface area (Å²) in [6, 6.07) is 12.7. The normalized spacial score (nSPS) is 17.0. The van der Waals surface area contributed by atoms with Gasteiger partial charge >= 0.3 is 6.09 Å². The van der Waals surface area contributed by atoms with Crippen LogP contribution in [0.15, 0.2) is 54.6 Å². The molecule has 0 bridgehead atoms. The predicted molar refractivity (Wildman–Crippen MR) is 156 cm³/mol. The second-order valence-corrected chi connectivity index (χ2v) is 11.1. The number of benzene rings is 2. The predicted octanol–water partition coefficient (Wildman–Crippen LogP) is 2.15. The molecule has 0 saturated carbocycles. The first-order valence-corrected chi connectivity index (χ1v) is 14.4. The van der Waals surface area contributed by atoms with Crippen molar-refractivity contribution < 1.29 is 34.1 Å². The van der Waals surface area contributed by atoms with Crippen LogP contribution >= 0.6 is 0 Å². The quantitative estimate of drug-likeness (QED) is 0.199. The number of piperidine rings is 1. The molecule has 6 N–H and O–H groups in total. The Morgan fingerprint density at radius 2 is 1.64 bits per heavy atom. The summed E-state index contributed by atoms with van der Waals surface area (Å²) in [5.41, 5.74) is 1.46. The van der Waals surface area contributed by atoms with E-state index in [9.17, 15) is 29.4 Å². The molecule has 11 heteroatoms. The van der Waals surface area contributed by atoms with E-state index >= 15 is 0 Å². The maximum atomic E-state index is 13.5. The van der Waals surface area contributed by atoms with Gasteiger partial charge < -0.3 is 36.2 Å². The van der Waals surface area contributed by atoms with E-state index in [1.807, 2.05) is 44.2 Å². The highest BCUT2D eigenvalue weighted by molar-refractivity contribution is 5.91. The number of amides is 4. The number of aliphatic hydroxyl groups is 1. The fourth-order valence-electron chi connectivity index (χ4n) is 4.84. The molecule has 1 fully saturated rings. The molecule has 11 nitrogen and oxygen atoms in total. The molecule has 3 rings (SSSR count). The van der Waals surface area contributed by atoms with Gasteiger partial charge in [0.05, 0.1) is 12.6 Å². The third-order valence-electron chi connectivity index (χ3n) is 7.07. The van der Waals surface area contributed by atoms with E-state index in [-0.39, 0.29) is 49.5 Å².